The lowest BCUT2D eigenvalue weighted by atomic mass is 10.0. The van der Waals surface area contributed by atoms with Gasteiger partial charge < -0.3 is 5.11 Å². The molecule has 0 bridgehead atoms. The molecule has 0 aliphatic rings. The number of aliphatic hydroxyl groups excluding tert-OH is 1. The Morgan fingerprint density at radius 1 is 1.44 bits per heavy atom. The highest BCUT2D eigenvalue weighted by Crippen LogP contribution is 2.21. The van der Waals surface area contributed by atoms with E-state index in [1.165, 1.54) is 6.07 Å². The van der Waals surface area contributed by atoms with Gasteiger partial charge in [0.25, 0.3) is 0 Å². The van der Waals surface area contributed by atoms with Crippen LogP contribution in [0, 0.1) is 5.82 Å². The largest absolute Gasteiger partial charge is 0.394 e. The maximum absolute atomic E-state index is 13.6. The molecule has 0 fully saturated rings. The maximum atomic E-state index is 13.6. The lowest BCUT2D eigenvalue weighted by molar-refractivity contribution is 0.0726. The van der Waals surface area contributed by atoms with Gasteiger partial charge in [-0.3, -0.25) is 4.90 Å². The second-order valence-electron chi connectivity index (χ2n) is 4.54. The summed E-state index contributed by atoms with van der Waals surface area (Å²) in [7, 11) is 1.84. The van der Waals surface area contributed by atoms with Crippen LogP contribution in [-0.2, 0) is 6.54 Å². The topological polar surface area (TPSA) is 23.5 Å². The fourth-order valence-corrected chi connectivity index (χ4v) is 1.45. The molecule has 0 unspecified atom stereocenters. The smallest absolute Gasteiger partial charge is 0.146 e. The highest BCUT2D eigenvalue weighted by molar-refractivity contribution is 6.30. The number of halogens is 2. The van der Waals surface area contributed by atoms with Gasteiger partial charge in [0.15, 0.2) is 0 Å². The molecule has 0 aliphatic heterocycles. The van der Waals surface area contributed by atoms with E-state index in [1.807, 2.05) is 25.8 Å². The molecule has 0 saturated carbocycles. The summed E-state index contributed by atoms with van der Waals surface area (Å²) in [4.78, 5) is 1.89. The molecule has 90 valence electrons. The van der Waals surface area contributed by atoms with Gasteiger partial charge in [0.2, 0.25) is 0 Å². The molecule has 1 aromatic carbocycles. The first kappa shape index (κ1) is 13.4. The number of aliphatic hydroxyl groups is 1. The highest BCUT2D eigenvalue weighted by Gasteiger charge is 2.23. The van der Waals surface area contributed by atoms with E-state index in [4.69, 9.17) is 11.6 Å². The average Bonchev–Trinajstić information content (AvgIpc) is 2.24. The van der Waals surface area contributed by atoms with Gasteiger partial charge >= 0.3 is 0 Å². The third kappa shape index (κ3) is 2.94. The monoisotopic (exact) mass is 245 g/mol. The zero-order valence-corrected chi connectivity index (χ0v) is 10.6. The zero-order chi connectivity index (χ0) is 12.3. The fraction of sp³-hybridized carbons (Fsp3) is 0.500. The van der Waals surface area contributed by atoms with Crippen molar-refractivity contribution in [3.63, 3.8) is 0 Å². The Morgan fingerprint density at radius 3 is 2.62 bits per heavy atom. The van der Waals surface area contributed by atoms with E-state index >= 15 is 0 Å². The van der Waals surface area contributed by atoms with Gasteiger partial charge in [0, 0.05) is 17.6 Å². The summed E-state index contributed by atoms with van der Waals surface area (Å²) in [5, 5.41) is 9.34. The predicted molar refractivity (Wildman–Crippen MR) is 64.0 cm³/mol. The quantitative estimate of drug-likeness (QED) is 0.882. The van der Waals surface area contributed by atoms with Crippen LogP contribution in [0.3, 0.4) is 0 Å². The van der Waals surface area contributed by atoms with E-state index in [9.17, 15) is 9.50 Å². The predicted octanol–water partition coefficient (Wildman–Crippen LogP) is 2.68. The van der Waals surface area contributed by atoms with E-state index < -0.39 is 0 Å². The highest BCUT2D eigenvalue weighted by atomic mass is 35.5. The Bertz CT molecular complexity index is 368. The van der Waals surface area contributed by atoms with Crippen LogP contribution in [0.4, 0.5) is 4.39 Å². The maximum Gasteiger partial charge on any atom is 0.146 e. The minimum absolute atomic E-state index is 0.0195. The number of benzene rings is 1. The lowest BCUT2D eigenvalue weighted by Gasteiger charge is -2.34. The summed E-state index contributed by atoms with van der Waals surface area (Å²) in [6.45, 7) is 4.23. The molecule has 0 amide bonds. The summed E-state index contributed by atoms with van der Waals surface area (Å²) in [6, 6.07) is 4.95. The minimum atomic E-state index is -0.384. The van der Waals surface area contributed by atoms with Crippen molar-refractivity contribution in [3.05, 3.63) is 34.6 Å². The van der Waals surface area contributed by atoms with Gasteiger partial charge in [0.05, 0.1) is 11.6 Å². The minimum Gasteiger partial charge on any atom is -0.394 e. The lowest BCUT2D eigenvalue weighted by Crippen LogP contribution is -2.43. The Balaban J connectivity index is 2.85. The molecule has 0 radical (unpaired) electrons. The number of rotatable bonds is 4. The van der Waals surface area contributed by atoms with Gasteiger partial charge in [-0.1, -0.05) is 23.7 Å². The molecule has 0 aromatic heterocycles. The van der Waals surface area contributed by atoms with E-state index in [-0.39, 0.29) is 23.0 Å². The third-order valence-electron chi connectivity index (χ3n) is 2.86. The summed E-state index contributed by atoms with van der Waals surface area (Å²) in [5.74, 6) is -0.384. The van der Waals surface area contributed by atoms with Crippen molar-refractivity contribution in [1.29, 1.82) is 0 Å². The SMILES string of the molecule is CN(Cc1cccc(Cl)c1F)C(C)(C)CO. The van der Waals surface area contributed by atoms with E-state index in [2.05, 4.69) is 0 Å². The standard InChI is InChI=1S/C12H17ClFNO/c1-12(2,8-16)15(3)7-9-5-4-6-10(13)11(9)14/h4-6,16H,7-8H2,1-3H3. The molecule has 0 aliphatic carbocycles. The van der Waals surface area contributed by atoms with E-state index in [0.29, 0.717) is 12.1 Å². The van der Waals surface area contributed by atoms with Gasteiger partial charge in [-0.15, -0.1) is 0 Å². The first-order valence-corrected chi connectivity index (χ1v) is 5.51. The molecule has 2 nitrogen and oxygen atoms in total. The van der Waals surface area contributed by atoms with Crippen LogP contribution in [0.25, 0.3) is 0 Å². The van der Waals surface area contributed by atoms with Gasteiger partial charge in [-0.05, 0) is 27.0 Å². The average molecular weight is 246 g/mol. The van der Waals surface area contributed by atoms with E-state index in [0.717, 1.165) is 0 Å². The zero-order valence-electron chi connectivity index (χ0n) is 9.80. The van der Waals surface area contributed by atoms with Crippen molar-refractivity contribution in [2.45, 2.75) is 25.9 Å². The molecule has 1 aromatic rings. The summed E-state index contributed by atoms with van der Waals surface area (Å²) < 4.78 is 13.6. The van der Waals surface area contributed by atoms with Crippen molar-refractivity contribution < 1.29 is 9.50 Å². The van der Waals surface area contributed by atoms with Gasteiger partial charge in [-0.25, -0.2) is 4.39 Å². The molecule has 0 heterocycles. The Kier molecular flexibility index (Phi) is 4.30. The second-order valence-corrected chi connectivity index (χ2v) is 4.95. The summed E-state index contributed by atoms with van der Waals surface area (Å²) in [5.41, 5.74) is 0.158. The Hall–Kier alpha value is -0.640. The van der Waals surface area contributed by atoms with Crippen molar-refractivity contribution in [2.24, 2.45) is 0 Å². The van der Waals surface area contributed by atoms with Crippen molar-refractivity contribution >= 4 is 11.6 Å². The van der Waals surface area contributed by atoms with Crippen molar-refractivity contribution in [3.8, 4) is 0 Å². The second kappa shape index (κ2) is 5.13. The molecule has 0 atom stereocenters. The van der Waals surface area contributed by atoms with Gasteiger partial charge in [0.1, 0.15) is 5.82 Å². The fourth-order valence-electron chi connectivity index (χ4n) is 1.26. The molecule has 0 saturated heterocycles. The van der Waals surface area contributed by atoms with Crippen molar-refractivity contribution in [2.75, 3.05) is 13.7 Å². The van der Waals surface area contributed by atoms with Crippen LogP contribution >= 0.6 is 11.6 Å². The van der Waals surface area contributed by atoms with E-state index in [1.54, 1.807) is 12.1 Å². The first-order valence-electron chi connectivity index (χ1n) is 5.13. The Morgan fingerprint density at radius 2 is 2.06 bits per heavy atom. The van der Waals surface area contributed by atoms with Crippen LogP contribution < -0.4 is 0 Å². The van der Waals surface area contributed by atoms with Crippen LogP contribution in [0.5, 0.6) is 0 Å². The molecule has 1 N–H and O–H groups in total. The third-order valence-corrected chi connectivity index (χ3v) is 3.15. The normalized spacial score (nSPS) is 12.2. The first-order chi connectivity index (χ1) is 7.38. The van der Waals surface area contributed by atoms with Crippen LogP contribution in [-0.4, -0.2) is 29.2 Å². The van der Waals surface area contributed by atoms with Crippen LogP contribution in [0.1, 0.15) is 19.4 Å². The summed E-state index contributed by atoms with van der Waals surface area (Å²) in [6.07, 6.45) is 0. The van der Waals surface area contributed by atoms with Crippen molar-refractivity contribution in [1.82, 2.24) is 4.90 Å². The Labute approximate surface area is 101 Å². The molecular weight excluding hydrogens is 229 g/mol. The number of hydrogen-bond acceptors (Lipinski definition) is 2. The summed E-state index contributed by atoms with van der Waals surface area (Å²) >= 11 is 5.70. The van der Waals surface area contributed by atoms with Gasteiger partial charge in [-0.2, -0.15) is 0 Å². The molecular formula is C12H17ClFNO. The number of likely N-dealkylation sites (N-methyl/N-ethyl adjacent to an activating group) is 1. The number of hydrogen-bond donors (Lipinski definition) is 1. The molecule has 16 heavy (non-hydrogen) atoms. The molecule has 1 rings (SSSR count). The molecule has 0 spiro atoms. The van der Waals surface area contributed by atoms with Crippen LogP contribution in [0.15, 0.2) is 18.2 Å². The number of nitrogens with zero attached hydrogens (tertiary/aromatic N) is 1. The van der Waals surface area contributed by atoms with Crippen LogP contribution in [0.2, 0.25) is 5.02 Å². The molecule has 4 heteroatoms.